The van der Waals surface area contributed by atoms with Crippen molar-refractivity contribution in [2.45, 2.75) is 303 Å². The number of hydrogen-bond acceptors (Lipinski definition) is 7. The number of rotatable bonds is 60. The standard InChI is InChI=1S/C71H127N2O7P/c1-7-10-13-16-19-22-25-28-30-32-34-35-36-37-39-41-43-46-49-52-55-58-61-64-71(75)80-69(62-59-56-53-50-47-44-27-24-21-18-15-12-9-3)68(67-79-81(76,77)78-66-65-73(4,5)6)72-70(74)63-60-57-54-51-48-45-42-40-38-33-31-29-26-23-20-17-14-11-8-2/h11,14,19-20,22-23,28-31,38,40,45,48,59,62,68-69H,7-10,12-13,15-18,21,24-27,32-37,39,41-44,46-47,49-58,60-61,63-67H2,1-6H3,(H-,72,74,76,77)/b14-11-,22-19-,23-20-,30-28-,31-29-,40-38-,48-45-,62-59+. The van der Waals surface area contributed by atoms with Gasteiger partial charge < -0.3 is 28.5 Å². The van der Waals surface area contributed by atoms with Crippen LogP contribution in [0.2, 0.25) is 0 Å². The summed E-state index contributed by atoms with van der Waals surface area (Å²) in [6.07, 6.45) is 80.9. The number of ether oxygens (including phenoxy) is 1. The highest BCUT2D eigenvalue weighted by atomic mass is 31.2. The lowest BCUT2D eigenvalue weighted by Crippen LogP contribution is -2.47. The molecular formula is C71H127N2O7P. The number of likely N-dealkylation sites (N-methyl/N-ethyl adjacent to an activating group) is 1. The lowest BCUT2D eigenvalue weighted by Gasteiger charge is -2.30. The van der Waals surface area contributed by atoms with Crippen LogP contribution >= 0.6 is 7.82 Å². The van der Waals surface area contributed by atoms with Gasteiger partial charge in [0.05, 0.1) is 33.8 Å². The Morgan fingerprint density at radius 1 is 0.444 bits per heavy atom. The third-order valence-corrected chi connectivity index (χ3v) is 15.5. The molecule has 0 heterocycles. The molecule has 0 radical (unpaired) electrons. The third kappa shape index (κ3) is 61.3. The summed E-state index contributed by atoms with van der Waals surface area (Å²) in [5, 5.41) is 3.02. The Kier molecular flexibility index (Phi) is 57.8. The van der Waals surface area contributed by atoms with Crippen LogP contribution in [0.5, 0.6) is 0 Å². The minimum atomic E-state index is -4.72. The van der Waals surface area contributed by atoms with Gasteiger partial charge in [-0.2, -0.15) is 0 Å². The number of amides is 1. The molecule has 0 saturated heterocycles. The summed E-state index contributed by atoms with van der Waals surface area (Å²) in [6, 6.07) is -0.912. The number of hydrogen-bond donors (Lipinski definition) is 1. The van der Waals surface area contributed by atoms with Gasteiger partial charge >= 0.3 is 5.97 Å². The highest BCUT2D eigenvalue weighted by molar-refractivity contribution is 7.45. The summed E-state index contributed by atoms with van der Waals surface area (Å²) in [5.74, 6) is -0.577. The minimum Gasteiger partial charge on any atom is -0.756 e. The van der Waals surface area contributed by atoms with Crippen molar-refractivity contribution in [1.82, 2.24) is 5.32 Å². The van der Waals surface area contributed by atoms with E-state index in [1.807, 2.05) is 33.3 Å². The van der Waals surface area contributed by atoms with Crippen LogP contribution in [0, 0.1) is 0 Å². The lowest BCUT2D eigenvalue weighted by molar-refractivity contribution is -0.870. The second kappa shape index (κ2) is 60.1. The van der Waals surface area contributed by atoms with Gasteiger partial charge in [-0.25, -0.2) is 0 Å². The SMILES string of the molecule is CC/C=C\C/C=C\C/C=C\C/C=C\C/C=C\CCCCCC(=O)NC(COP(=O)([O-])OCC[N+](C)(C)C)C(/C=C/CCCCCCCCCCCCC)OC(=O)CCCCCCCCCCCCCCC/C=C\C/C=C\CCCCC. The van der Waals surface area contributed by atoms with Crippen LogP contribution in [0.3, 0.4) is 0 Å². The van der Waals surface area contributed by atoms with Crippen LogP contribution in [0.4, 0.5) is 0 Å². The van der Waals surface area contributed by atoms with Gasteiger partial charge in [-0.05, 0) is 109 Å². The zero-order valence-corrected chi connectivity index (χ0v) is 54.4. The van der Waals surface area contributed by atoms with E-state index in [2.05, 4.69) is 111 Å². The molecule has 0 aromatic carbocycles. The topological polar surface area (TPSA) is 114 Å². The van der Waals surface area contributed by atoms with Crippen LogP contribution in [-0.4, -0.2) is 69.4 Å². The molecule has 3 atom stereocenters. The maximum atomic E-state index is 13.6. The summed E-state index contributed by atoms with van der Waals surface area (Å²) in [5.41, 5.74) is 0. The van der Waals surface area contributed by atoms with E-state index in [0.717, 1.165) is 96.3 Å². The number of unbranched alkanes of at least 4 members (excludes halogenated alkanes) is 30. The van der Waals surface area contributed by atoms with Gasteiger partial charge in [0.25, 0.3) is 7.82 Å². The maximum absolute atomic E-state index is 13.6. The quantitative estimate of drug-likeness (QED) is 0.0212. The Hall–Kier alpha value is -3.07. The van der Waals surface area contributed by atoms with Crippen LogP contribution in [0.15, 0.2) is 97.2 Å². The Morgan fingerprint density at radius 2 is 0.790 bits per heavy atom. The van der Waals surface area contributed by atoms with E-state index < -0.39 is 26.6 Å². The Morgan fingerprint density at radius 3 is 1.22 bits per heavy atom. The first-order valence-electron chi connectivity index (χ1n) is 33.5. The zero-order chi connectivity index (χ0) is 59.3. The first-order valence-corrected chi connectivity index (χ1v) is 35.0. The number of esters is 1. The summed E-state index contributed by atoms with van der Waals surface area (Å²) in [6.45, 7) is 6.69. The van der Waals surface area contributed by atoms with Gasteiger partial charge in [0.2, 0.25) is 5.91 Å². The number of quaternary nitrogens is 1. The van der Waals surface area contributed by atoms with Gasteiger partial charge in [-0.3, -0.25) is 14.2 Å². The molecular weight excluding hydrogens is 1020 g/mol. The average molecular weight is 1150 g/mol. The van der Waals surface area contributed by atoms with E-state index >= 15 is 0 Å². The number of nitrogens with one attached hydrogen (secondary N) is 1. The highest BCUT2D eigenvalue weighted by Crippen LogP contribution is 2.38. The molecule has 1 N–H and O–H groups in total. The predicted octanol–water partition coefficient (Wildman–Crippen LogP) is 20.5. The maximum Gasteiger partial charge on any atom is 0.306 e. The Labute approximate surface area is 500 Å². The van der Waals surface area contributed by atoms with Gasteiger partial charge in [0.15, 0.2) is 0 Å². The highest BCUT2D eigenvalue weighted by Gasteiger charge is 2.27. The Balaban J connectivity index is 5.23. The van der Waals surface area contributed by atoms with E-state index in [0.29, 0.717) is 17.4 Å². The molecule has 468 valence electrons. The van der Waals surface area contributed by atoms with Crippen molar-refractivity contribution < 1.29 is 37.3 Å². The molecule has 0 saturated carbocycles. The van der Waals surface area contributed by atoms with Crippen molar-refractivity contribution >= 4 is 19.7 Å². The van der Waals surface area contributed by atoms with Gasteiger partial charge in [-0.1, -0.05) is 266 Å². The monoisotopic (exact) mass is 1150 g/mol. The predicted molar refractivity (Wildman–Crippen MR) is 348 cm³/mol. The first-order chi connectivity index (χ1) is 39.4. The number of phosphoric acid groups is 1. The molecule has 1 amide bonds. The molecule has 0 aliphatic carbocycles. The average Bonchev–Trinajstić information content (AvgIpc) is 3.44. The molecule has 0 aliphatic heterocycles. The minimum absolute atomic E-state index is 0.0328. The van der Waals surface area contributed by atoms with E-state index in [1.54, 1.807) is 0 Å². The lowest BCUT2D eigenvalue weighted by atomic mass is 10.0. The first kappa shape index (κ1) is 77.9. The number of carbonyl (C=O) groups is 2. The van der Waals surface area contributed by atoms with Gasteiger partial charge in [0, 0.05) is 12.8 Å². The summed E-state index contributed by atoms with van der Waals surface area (Å²) >= 11 is 0. The fourth-order valence-corrected chi connectivity index (χ4v) is 10.1. The molecule has 10 heteroatoms. The molecule has 0 aliphatic rings. The number of allylic oxidation sites excluding steroid dienone is 15. The van der Waals surface area contributed by atoms with E-state index in [9.17, 15) is 19.0 Å². The van der Waals surface area contributed by atoms with Crippen LogP contribution in [0.1, 0.15) is 290 Å². The molecule has 9 nitrogen and oxygen atoms in total. The van der Waals surface area contributed by atoms with Crippen molar-refractivity contribution in [1.29, 1.82) is 0 Å². The molecule has 3 unspecified atom stereocenters. The van der Waals surface area contributed by atoms with E-state index in [-0.39, 0.29) is 31.3 Å². The molecule has 0 aromatic rings. The molecule has 0 rings (SSSR count). The fourth-order valence-electron chi connectivity index (χ4n) is 9.34. The number of phosphoric ester groups is 1. The Bertz CT molecular complexity index is 1710. The van der Waals surface area contributed by atoms with Crippen LogP contribution < -0.4 is 10.2 Å². The summed E-state index contributed by atoms with van der Waals surface area (Å²) < 4.78 is 30.4. The molecule has 0 spiro atoms. The van der Waals surface area contributed by atoms with Gasteiger partial charge in [0.1, 0.15) is 19.3 Å². The van der Waals surface area contributed by atoms with E-state index in [1.165, 1.54) is 154 Å². The van der Waals surface area contributed by atoms with Crippen LogP contribution in [-0.2, 0) is 27.9 Å². The normalized spacial score (nSPS) is 14.2. The molecule has 0 aromatic heterocycles. The van der Waals surface area contributed by atoms with Gasteiger partial charge in [-0.15, -0.1) is 0 Å². The van der Waals surface area contributed by atoms with Crippen molar-refractivity contribution in [3.63, 3.8) is 0 Å². The third-order valence-electron chi connectivity index (χ3n) is 14.5. The summed E-state index contributed by atoms with van der Waals surface area (Å²) in [4.78, 5) is 40.1. The summed E-state index contributed by atoms with van der Waals surface area (Å²) in [7, 11) is 1.16. The molecule has 81 heavy (non-hydrogen) atoms. The molecule has 0 fully saturated rings. The number of nitrogens with zero attached hydrogens (tertiary/aromatic N) is 1. The van der Waals surface area contributed by atoms with Crippen molar-refractivity contribution in [3.05, 3.63) is 97.2 Å². The van der Waals surface area contributed by atoms with Crippen LogP contribution in [0.25, 0.3) is 0 Å². The second-order valence-corrected chi connectivity index (χ2v) is 25.0. The smallest absolute Gasteiger partial charge is 0.306 e. The zero-order valence-electron chi connectivity index (χ0n) is 53.5. The fraction of sp³-hybridized carbons (Fsp3) is 0.746. The van der Waals surface area contributed by atoms with Crippen molar-refractivity contribution in [2.75, 3.05) is 40.9 Å². The van der Waals surface area contributed by atoms with Crippen molar-refractivity contribution in [2.24, 2.45) is 0 Å². The van der Waals surface area contributed by atoms with E-state index in [4.69, 9.17) is 13.8 Å². The second-order valence-electron chi connectivity index (χ2n) is 23.6. The largest absolute Gasteiger partial charge is 0.756 e. The number of carbonyl (C=O) groups excluding carboxylic acids is 2. The molecule has 0 bridgehead atoms. The van der Waals surface area contributed by atoms with Crippen molar-refractivity contribution in [3.8, 4) is 0 Å².